The van der Waals surface area contributed by atoms with Gasteiger partial charge in [-0.05, 0) is 71.5 Å². The van der Waals surface area contributed by atoms with Gasteiger partial charge in [-0.15, -0.1) is 0 Å². The van der Waals surface area contributed by atoms with Crippen LogP contribution in [0, 0.1) is 0 Å². The summed E-state index contributed by atoms with van der Waals surface area (Å²) in [5.74, 6) is 0.994. The molecule has 0 saturated carbocycles. The number of carboxylic acid groups (broad SMARTS) is 1. The number of carbonyl (C=O) groups is 1. The zero-order valence-corrected chi connectivity index (χ0v) is 21.9. The normalized spacial score (nSPS) is 14.7. The Morgan fingerprint density at radius 2 is 1.72 bits per heavy atom. The summed E-state index contributed by atoms with van der Waals surface area (Å²) >= 11 is 0. The molecule has 2 heterocycles. The van der Waals surface area contributed by atoms with E-state index >= 15 is 0 Å². The van der Waals surface area contributed by atoms with Crippen LogP contribution in [0.2, 0.25) is 0 Å². The second-order valence-corrected chi connectivity index (χ2v) is 9.50. The van der Waals surface area contributed by atoms with E-state index in [1.807, 2.05) is 72.8 Å². The fourth-order valence-electron chi connectivity index (χ4n) is 5.17. The fourth-order valence-corrected chi connectivity index (χ4v) is 5.17. The number of ether oxygens (including phenoxy) is 1. The third-order valence-corrected chi connectivity index (χ3v) is 7.11. The summed E-state index contributed by atoms with van der Waals surface area (Å²) in [5.41, 5.74) is 3.75. The highest BCUT2D eigenvalue weighted by Gasteiger charge is 2.28. The van der Waals surface area contributed by atoms with Crippen LogP contribution in [0.1, 0.15) is 26.2 Å². The van der Waals surface area contributed by atoms with E-state index in [0.717, 1.165) is 52.0 Å². The average Bonchev–Trinajstić information content (AvgIpc) is 3.48. The number of aromatic nitrogens is 1. The molecule has 4 aromatic carbocycles. The lowest BCUT2D eigenvalue weighted by molar-refractivity contribution is -0.673. The molecule has 6 rings (SSSR count). The van der Waals surface area contributed by atoms with Gasteiger partial charge >= 0.3 is 11.9 Å². The summed E-state index contributed by atoms with van der Waals surface area (Å²) in [4.78, 5) is 13.4. The molecule has 0 aliphatic carbocycles. The van der Waals surface area contributed by atoms with Gasteiger partial charge in [0.25, 0.3) is 5.52 Å². The molecule has 0 amide bonds. The summed E-state index contributed by atoms with van der Waals surface area (Å²) < 4.78 is 14.6. The van der Waals surface area contributed by atoms with Crippen LogP contribution >= 0.6 is 0 Å². The maximum absolute atomic E-state index is 11.7. The molecule has 6 heteroatoms. The van der Waals surface area contributed by atoms with Crippen molar-refractivity contribution in [2.75, 3.05) is 11.4 Å². The zero-order valence-electron chi connectivity index (χ0n) is 21.9. The first-order chi connectivity index (χ1) is 19.1. The molecule has 0 spiro atoms. The Balaban J connectivity index is 1.34. The number of anilines is 1. The molecular weight excluding hydrogens is 488 g/mol. The SMILES string of the molecule is CCC(C=Cc1oc2ccc3ccccc3c2[n+]1CC)=CC=C1Oc2cc3ccccc3cc2N1CC(=O)O. The number of fused-ring (bicyclic) bond motifs is 5. The summed E-state index contributed by atoms with van der Waals surface area (Å²) in [6.45, 7) is 4.79. The van der Waals surface area contributed by atoms with Gasteiger partial charge in [0, 0.05) is 0 Å². The highest BCUT2D eigenvalue weighted by molar-refractivity contribution is 6.01. The van der Waals surface area contributed by atoms with E-state index in [1.54, 1.807) is 4.90 Å². The number of nitrogens with zero attached hydrogens (tertiary/aromatic N) is 2. The number of aliphatic carboxylic acids is 1. The van der Waals surface area contributed by atoms with Crippen molar-refractivity contribution in [3.63, 3.8) is 0 Å². The minimum Gasteiger partial charge on any atom is -0.480 e. The van der Waals surface area contributed by atoms with E-state index in [0.29, 0.717) is 11.6 Å². The van der Waals surface area contributed by atoms with Gasteiger partial charge in [0.2, 0.25) is 11.5 Å². The molecule has 0 saturated heterocycles. The Hall–Kier alpha value is -4.84. The van der Waals surface area contributed by atoms with Crippen LogP contribution < -0.4 is 14.2 Å². The predicted molar refractivity (Wildman–Crippen MR) is 155 cm³/mol. The molecule has 5 aromatic rings. The number of carboxylic acids is 1. The molecule has 0 bridgehead atoms. The smallest absolute Gasteiger partial charge is 0.374 e. The highest BCUT2D eigenvalue weighted by atomic mass is 16.5. The lowest BCUT2D eigenvalue weighted by Gasteiger charge is -2.15. The van der Waals surface area contributed by atoms with E-state index in [-0.39, 0.29) is 6.54 Å². The number of aryl methyl sites for hydroxylation is 1. The molecule has 39 heavy (non-hydrogen) atoms. The third-order valence-electron chi connectivity index (χ3n) is 7.11. The summed E-state index contributed by atoms with van der Waals surface area (Å²) in [6.07, 6.45) is 8.64. The molecule has 0 unspecified atom stereocenters. The monoisotopic (exact) mass is 517 g/mol. The van der Waals surface area contributed by atoms with E-state index < -0.39 is 5.97 Å². The fraction of sp³-hybridized carbons (Fsp3) is 0.152. The maximum atomic E-state index is 11.7. The van der Waals surface area contributed by atoms with E-state index in [1.165, 1.54) is 10.8 Å². The Kier molecular flexibility index (Phi) is 6.37. The van der Waals surface area contributed by atoms with Crippen molar-refractivity contribution in [2.45, 2.75) is 26.8 Å². The zero-order chi connectivity index (χ0) is 26.9. The second-order valence-electron chi connectivity index (χ2n) is 9.50. The molecule has 1 N–H and O–H groups in total. The first-order valence-corrected chi connectivity index (χ1v) is 13.2. The molecule has 1 aliphatic heterocycles. The molecule has 194 valence electrons. The average molecular weight is 518 g/mol. The summed E-state index contributed by atoms with van der Waals surface area (Å²) in [6, 6.07) is 24.4. The predicted octanol–water partition coefficient (Wildman–Crippen LogP) is 7.22. The first-order valence-electron chi connectivity index (χ1n) is 13.2. The number of rotatable bonds is 7. The van der Waals surface area contributed by atoms with E-state index in [9.17, 15) is 9.90 Å². The molecule has 0 atom stereocenters. The Bertz CT molecular complexity index is 1830. The minimum atomic E-state index is -0.924. The van der Waals surface area contributed by atoms with Crippen molar-refractivity contribution in [3.05, 3.63) is 108 Å². The van der Waals surface area contributed by atoms with Crippen LogP contribution in [0.15, 0.2) is 107 Å². The lowest BCUT2D eigenvalue weighted by atomic mass is 10.1. The number of benzene rings is 4. The molecule has 1 aromatic heterocycles. The van der Waals surface area contributed by atoms with Crippen LogP contribution in [0.3, 0.4) is 0 Å². The summed E-state index contributed by atoms with van der Waals surface area (Å²) in [5, 5.41) is 14.0. The second kappa shape index (κ2) is 10.1. The Labute approximate surface area is 226 Å². The molecule has 6 nitrogen and oxygen atoms in total. The van der Waals surface area contributed by atoms with Crippen molar-refractivity contribution >= 4 is 50.4 Å². The molecular formula is C33H29N2O4+. The lowest BCUT2D eigenvalue weighted by Crippen LogP contribution is -2.33. The van der Waals surface area contributed by atoms with Crippen molar-refractivity contribution in [1.82, 2.24) is 0 Å². The van der Waals surface area contributed by atoms with Crippen molar-refractivity contribution in [1.29, 1.82) is 0 Å². The number of hydrogen-bond donors (Lipinski definition) is 1. The quantitative estimate of drug-likeness (QED) is 0.182. The highest BCUT2D eigenvalue weighted by Crippen LogP contribution is 2.41. The molecule has 0 fully saturated rings. The van der Waals surface area contributed by atoms with Gasteiger partial charge in [-0.25, -0.2) is 0 Å². The van der Waals surface area contributed by atoms with Gasteiger partial charge in [0.05, 0.1) is 17.1 Å². The van der Waals surface area contributed by atoms with Crippen molar-refractivity contribution in [3.8, 4) is 5.75 Å². The number of oxazole rings is 1. The van der Waals surface area contributed by atoms with Crippen LogP contribution in [0.25, 0.3) is 38.7 Å². The van der Waals surface area contributed by atoms with Gasteiger partial charge in [-0.1, -0.05) is 61.5 Å². The van der Waals surface area contributed by atoms with Crippen LogP contribution in [-0.2, 0) is 11.3 Å². The van der Waals surface area contributed by atoms with Gasteiger partial charge in [0.15, 0.2) is 5.75 Å². The van der Waals surface area contributed by atoms with Crippen LogP contribution in [0.4, 0.5) is 5.69 Å². The van der Waals surface area contributed by atoms with E-state index in [2.05, 4.69) is 42.7 Å². The topological polar surface area (TPSA) is 66.8 Å². The summed E-state index contributed by atoms with van der Waals surface area (Å²) in [7, 11) is 0. The molecule has 0 radical (unpaired) electrons. The largest absolute Gasteiger partial charge is 0.480 e. The minimum absolute atomic E-state index is 0.189. The first kappa shape index (κ1) is 24.5. The standard InChI is InChI=1S/C33H28N2O4/c1-3-22(13-17-30-34(4-2)33-26-12-8-7-9-23(26)15-16-28(33)38-30)14-18-31-35(21-32(36)37)27-19-24-10-5-6-11-25(24)20-29(27)39-31/h5-20H,3-4,21H2,1-2H3/p+1. The van der Waals surface area contributed by atoms with E-state index in [4.69, 9.17) is 9.15 Å². The third kappa shape index (κ3) is 4.55. The Morgan fingerprint density at radius 1 is 0.974 bits per heavy atom. The number of allylic oxidation sites excluding steroid dienone is 4. The number of hydrogen-bond acceptors (Lipinski definition) is 4. The Morgan fingerprint density at radius 3 is 2.46 bits per heavy atom. The molecule has 1 aliphatic rings. The van der Waals surface area contributed by atoms with Crippen LogP contribution in [0.5, 0.6) is 5.75 Å². The maximum Gasteiger partial charge on any atom is 0.374 e. The van der Waals surface area contributed by atoms with Gasteiger partial charge in [0.1, 0.15) is 13.1 Å². The van der Waals surface area contributed by atoms with Crippen molar-refractivity contribution < 1.29 is 23.6 Å². The van der Waals surface area contributed by atoms with Gasteiger partial charge in [-0.2, -0.15) is 4.57 Å². The van der Waals surface area contributed by atoms with Crippen molar-refractivity contribution in [2.24, 2.45) is 0 Å². The van der Waals surface area contributed by atoms with Gasteiger partial charge in [-0.3, -0.25) is 9.69 Å². The van der Waals surface area contributed by atoms with Gasteiger partial charge < -0.3 is 14.3 Å². The van der Waals surface area contributed by atoms with Crippen LogP contribution in [-0.4, -0.2) is 17.6 Å².